The van der Waals surface area contributed by atoms with Gasteiger partial charge in [-0.05, 0) is 30.9 Å². The number of carbonyl (C=O) groups is 1. The van der Waals surface area contributed by atoms with Gasteiger partial charge in [-0.3, -0.25) is 0 Å². The molecule has 2 heterocycles. The lowest BCUT2D eigenvalue weighted by atomic mass is 10.0. The Bertz CT molecular complexity index is 651. The molecule has 0 amide bonds. The van der Waals surface area contributed by atoms with Crippen LogP contribution in [0.2, 0.25) is 0 Å². The highest BCUT2D eigenvalue weighted by Crippen LogP contribution is 2.28. The molecule has 0 fully saturated rings. The van der Waals surface area contributed by atoms with Gasteiger partial charge in [0.25, 0.3) is 0 Å². The second-order valence-corrected chi connectivity index (χ2v) is 5.05. The van der Waals surface area contributed by atoms with E-state index in [1.165, 1.54) is 6.07 Å². The third-order valence-electron chi connectivity index (χ3n) is 3.76. The van der Waals surface area contributed by atoms with E-state index in [2.05, 4.69) is 4.98 Å². The maximum absolute atomic E-state index is 13.7. The van der Waals surface area contributed by atoms with Gasteiger partial charge in [0.05, 0.1) is 0 Å². The van der Waals surface area contributed by atoms with Gasteiger partial charge in [0.2, 0.25) is 0 Å². The van der Waals surface area contributed by atoms with Gasteiger partial charge in [0.1, 0.15) is 17.7 Å². The van der Waals surface area contributed by atoms with Crippen molar-refractivity contribution in [2.45, 2.75) is 31.7 Å². The summed E-state index contributed by atoms with van der Waals surface area (Å²) in [5, 5.41) is 9.33. The number of fused-ring (bicyclic) bond motifs is 1. The van der Waals surface area contributed by atoms with Crippen LogP contribution in [-0.4, -0.2) is 20.6 Å². The minimum atomic E-state index is -0.848. The van der Waals surface area contributed by atoms with Gasteiger partial charge in [-0.2, -0.15) is 0 Å². The molecule has 20 heavy (non-hydrogen) atoms. The minimum Gasteiger partial charge on any atom is -0.480 e. The Hall–Kier alpha value is -2.17. The Kier molecular flexibility index (Phi) is 3.26. The summed E-state index contributed by atoms with van der Waals surface area (Å²) in [4.78, 5) is 15.7. The zero-order chi connectivity index (χ0) is 14.1. The van der Waals surface area contributed by atoms with Gasteiger partial charge in [-0.25, -0.2) is 14.2 Å². The van der Waals surface area contributed by atoms with E-state index in [0.717, 1.165) is 18.5 Å². The number of hydrogen-bond donors (Lipinski definition) is 1. The molecule has 5 heteroatoms. The summed E-state index contributed by atoms with van der Waals surface area (Å²) in [5.41, 5.74) is 1.46. The molecule has 1 unspecified atom stereocenters. The Morgan fingerprint density at radius 3 is 3.00 bits per heavy atom. The van der Waals surface area contributed by atoms with Gasteiger partial charge in [0.15, 0.2) is 0 Å². The molecule has 0 aliphatic carbocycles. The first-order chi connectivity index (χ1) is 9.66. The quantitative estimate of drug-likeness (QED) is 0.936. The standard InChI is InChI=1S/C15H15FN2O2/c16-12-6-2-1-4-10(12)8-14-17-9-11-5-3-7-13(15(19)20)18(11)14/h1-2,4,6,9,13H,3,5,7-8H2,(H,19,20). The molecule has 1 aromatic heterocycles. The van der Waals surface area contributed by atoms with E-state index in [1.54, 1.807) is 29.0 Å². The van der Waals surface area contributed by atoms with Crippen molar-refractivity contribution in [3.8, 4) is 0 Å². The molecule has 2 aromatic rings. The van der Waals surface area contributed by atoms with Crippen molar-refractivity contribution in [1.29, 1.82) is 0 Å². The molecule has 1 aromatic carbocycles. The number of nitrogens with zero attached hydrogens (tertiary/aromatic N) is 2. The van der Waals surface area contributed by atoms with Crippen molar-refractivity contribution in [1.82, 2.24) is 9.55 Å². The van der Waals surface area contributed by atoms with Crippen LogP contribution in [0.25, 0.3) is 0 Å². The fourth-order valence-corrected chi connectivity index (χ4v) is 2.79. The molecule has 0 spiro atoms. The van der Waals surface area contributed by atoms with E-state index in [1.807, 2.05) is 0 Å². The molecule has 3 rings (SSSR count). The molecular formula is C15H15FN2O2. The predicted octanol–water partition coefficient (Wildman–Crippen LogP) is 2.58. The summed E-state index contributed by atoms with van der Waals surface area (Å²) in [6, 6.07) is 5.94. The lowest BCUT2D eigenvalue weighted by Crippen LogP contribution is -2.26. The maximum atomic E-state index is 13.7. The van der Waals surface area contributed by atoms with Gasteiger partial charge < -0.3 is 9.67 Å². The van der Waals surface area contributed by atoms with Crippen LogP contribution < -0.4 is 0 Å². The third-order valence-corrected chi connectivity index (χ3v) is 3.76. The largest absolute Gasteiger partial charge is 0.480 e. The third kappa shape index (κ3) is 2.19. The summed E-state index contributed by atoms with van der Waals surface area (Å²) in [6.45, 7) is 0. The minimum absolute atomic E-state index is 0.285. The molecule has 0 bridgehead atoms. The lowest BCUT2D eigenvalue weighted by Gasteiger charge is -2.24. The highest BCUT2D eigenvalue weighted by molar-refractivity contribution is 5.72. The average Bonchev–Trinajstić information content (AvgIpc) is 2.84. The highest BCUT2D eigenvalue weighted by atomic mass is 19.1. The maximum Gasteiger partial charge on any atom is 0.326 e. The smallest absolute Gasteiger partial charge is 0.326 e. The summed E-state index contributed by atoms with van der Waals surface area (Å²) >= 11 is 0. The van der Waals surface area contributed by atoms with E-state index in [4.69, 9.17) is 0 Å². The normalized spacial score (nSPS) is 17.8. The van der Waals surface area contributed by atoms with E-state index in [-0.39, 0.29) is 5.82 Å². The van der Waals surface area contributed by atoms with Crippen LogP contribution in [0.15, 0.2) is 30.5 Å². The summed E-state index contributed by atoms with van der Waals surface area (Å²) in [6.07, 6.45) is 4.31. The van der Waals surface area contributed by atoms with Crippen molar-refractivity contribution in [3.05, 3.63) is 53.4 Å². The van der Waals surface area contributed by atoms with Crippen LogP contribution in [0.3, 0.4) is 0 Å². The monoisotopic (exact) mass is 274 g/mol. The van der Waals surface area contributed by atoms with Crippen molar-refractivity contribution in [2.75, 3.05) is 0 Å². The van der Waals surface area contributed by atoms with Gasteiger partial charge in [-0.15, -0.1) is 0 Å². The Morgan fingerprint density at radius 1 is 1.45 bits per heavy atom. The van der Waals surface area contributed by atoms with E-state index >= 15 is 0 Å². The van der Waals surface area contributed by atoms with Crippen LogP contribution in [-0.2, 0) is 17.6 Å². The topological polar surface area (TPSA) is 55.1 Å². The number of aryl methyl sites for hydroxylation is 1. The predicted molar refractivity (Wildman–Crippen MR) is 71.0 cm³/mol. The number of carboxylic acid groups (broad SMARTS) is 1. The number of aromatic nitrogens is 2. The zero-order valence-corrected chi connectivity index (χ0v) is 10.9. The van der Waals surface area contributed by atoms with Crippen LogP contribution in [0.5, 0.6) is 0 Å². The van der Waals surface area contributed by atoms with Gasteiger partial charge >= 0.3 is 5.97 Å². The Labute approximate surface area is 115 Å². The summed E-state index contributed by atoms with van der Waals surface area (Å²) in [5.74, 6) is -0.511. The molecule has 1 aliphatic rings. The lowest BCUT2D eigenvalue weighted by molar-refractivity contribution is -0.141. The number of benzene rings is 1. The number of hydrogen-bond acceptors (Lipinski definition) is 2. The molecular weight excluding hydrogens is 259 g/mol. The fraction of sp³-hybridized carbons (Fsp3) is 0.333. The van der Waals surface area contributed by atoms with E-state index in [9.17, 15) is 14.3 Å². The molecule has 4 nitrogen and oxygen atoms in total. The molecule has 1 aliphatic heterocycles. The van der Waals surface area contributed by atoms with Crippen LogP contribution in [0.1, 0.15) is 36.0 Å². The van der Waals surface area contributed by atoms with Crippen LogP contribution in [0, 0.1) is 5.82 Å². The number of aliphatic carboxylic acids is 1. The average molecular weight is 274 g/mol. The van der Waals surface area contributed by atoms with E-state index < -0.39 is 12.0 Å². The molecule has 0 saturated carbocycles. The van der Waals surface area contributed by atoms with Crippen molar-refractivity contribution < 1.29 is 14.3 Å². The number of rotatable bonds is 3. The molecule has 0 radical (unpaired) electrons. The number of carboxylic acids is 1. The van der Waals surface area contributed by atoms with Crippen LogP contribution in [0.4, 0.5) is 4.39 Å². The van der Waals surface area contributed by atoms with Crippen LogP contribution >= 0.6 is 0 Å². The number of imidazole rings is 1. The molecule has 0 saturated heterocycles. The Balaban J connectivity index is 1.98. The second kappa shape index (κ2) is 5.07. The molecule has 104 valence electrons. The van der Waals surface area contributed by atoms with Gasteiger partial charge in [0, 0.05) is 18.3 Å². The van der Waals surface area contributed by atoms with Crippen molar-refractivity contribution in [3.63, 3.8) is 0 Å². The summed E-state index contributed by atoms with van der Waals surface area (Å²) in [7, 11) is 0. The first-order valence-electron chi connectivity index (χ1n) is 6.68. The summed E-state index contributed by atoms with van der Waals surface area (Å²) < 4.78 is 15.5. The molecule has 1 N–H and O–H groups in total. The fourth-order valence-electron chi connectivity index (χ4n) is 2.79. The number of halogens is 1. The van der Waals surface area contributed by atoms with Crippen molar-refractivity contribution in [2.24, 2.45) is 0 Å². The second-order valence-electron chi connectivity index (χ2n) is 5.05. The molecule has 1 atom stereocenters. The van der Waals surface area contributed by atoms with Gasteiger partial charge in [-0.1, -0.05) is 18.2 Å². The van der Waals surface area contributed by atoms with E-state index in [0.29, 0.717) is 24.2 Å². The van der Waals surface area contributed by atoms with Crippen molar-refractivity contribution >= 4 is 5.97 Å². The zero-order valence-electron chi connectivity index (χ0n) is 10.9. The first kappa shape index (κ1) is 12.8. The highest BCUT2D eigenvalue weighted by Gasteiger charge is 2.28. The SMILES string of the molecule is O=C(O)C1CCCc2cnc(Cc3ccccc3F)n21. The Morgan fingerprint density at radius 2 is 2.25 bits per heavy atom. The first-order valence-corrected chi connectivity index (χ1v) is 6.68.